The molecule has 108 valence electrons. The normalized spacial score (nSPS) is 24.4. The molecule has 0 saturated carbocycles. The molecule has 1 aliphatic heterocycles. The molecule has 19 heavy (non-hydrogen) atoms. The van der Waals surface area contributed by atoms with Crippen molar-refractivity contribution in [2.45, 2.75) is 64.3 Å². The van der Waals surface area contributed by atoms with Crippen molar-refractivity contribution in [1.82, 2.24) is 15.1 Å². The minimum absolute atomic E-state index is 0.217. The maximum atomic E-state index is 6.43. The van der Waals surface area contributed by atoms with E-state index in [1.807, 2.05) is 18.7 Å². The Kier molecular flexibility index (Phi) is 4.91. The van der Waals surface area contributed by atoms with Crippen molar-refractivity contribution in [3.8, 4) is 0 Å². The molecule has 1 N–H and O–H groups in total. The van der Waals surface area contributed by atoms with E-state index in [1.165, 1.54) is 44.2 Å². The van der Waals surface area contributed by atoms with E-state index in [-0.39, 0.29) is 5.54 Å². The van der Waals surface area contributed by atoms with Gasteiger partial charge in [0.05, 0.1) is 16.4 Å². The van der Waals surface area contributed by atoms with E-state index in [1.54, 1.807) is 0 Å². The van der Waals surface area contributed by atoms with Gasteiger partial charge in [-0.05, 0) is 32.7 Å². The molecule has 1 aromatic heterocycles. The third-order valence-electron chi connectivity index (χ3n) is 4.33. The van der Waals surface area contributed by atoms with Crippen LogP contribution in [0.15, 0.2) is 0 Å². The molecule has 1 saturated heterocycles. The fourth-order valence-electron chi connectivity index (χ4n) is 3.33. The Hall–Kier alpha value is -0.540. The summed E-state index contributed by atoms with van der Waals surface area (Å²) in [6.07, 6.45) is 8.63. The third-order valence-corrected chi connectivity index (χ3v) is 4.82. The zero-order chi connectivity index (χ0) is 13.9. The average molecular weight is 284 g/mol. The van der Waals surface area contributed by atoms with Crippen LogP contribution in [0.5, 0.6) is 0 Å². The molecule has 0 amide bonds. The number of halogens is 1. The maximum absolute atomic E-state index is 6.43. The van der Waals surface area contributed by atoms with E-state index in [0.29, 0.717) is 0 Å². The highest BCUT2D eigenvalue weighted by molar-refractivity contribution is 6.31. The Labute approximate surface area is 121 Å². The lowest BCUT2D eigenvalue weighted by Gasteiger charge is -2.34. The van der Waals surface area contributed by atoms with E-state index >= 15 is 0 Å². The standard InChI is InChI=1S/C15H26ClN3/c1-4-8-15(9-6-5-7-10-17-15)11-13-14(16)12(2)18-19(13)3/h17H,4-11H2,1-3H3. The van der Waals surface area contributed by atoms with Gasteiger partial charge in [0, 0.05) is 19.0 Å². The summed E-state index contributed by atoms with van der Waals surface area (Å²) in [6.45, 7) is 5.39. The van der Waals surface area contributed by atoms with Gasteiger partial charge in [0.15, 0.2) is 0 Å². The topological polar surface area (TPSA) is 29.9 Å². The molecule has 1 aromatic rings. The Morgan fingerprint density at radius 3 is 2.79 bits per heavy atom. The number of rotatable bonds is 4. The molecule has 3 nitrogen and oxygen atoms in total. The highest BCUT2D eigenvalue weighted by Crippen LogP contribution is 2.31. The summed E-state index contributed by atoms with van der Waals surface area (Å²) in [6, 6.07) is 0. The van der Waals surface area contributed by atoms with Gasteiger partial charge in [-0.2, -0.15) is 5.10 Å². The van der Waals surface area contributed by atoms with Gasteiger partial charge < -0.3 is 5.32 Å². The fraction of sp³-hybridized carbons (Fsp3) is 0.800. The van der Waals surface area contributed by atoms with Gasteiger partial charge in [-0.15, -0.1) is 0 Å². The lowest BCUT2D eigenvalue weighted by atomic mass is 9.84. The van der Waals surface area contributed by atoms with Crippen LogP contribution in [0, 0.1) is 6.92 Å². The van der Waals surface area contributed by atoms with Crippen molar-refractivity contribution in [3.05, 3.63) is 16.4 Å². The molecular weight excluding hydrogens is 258 g/mol. The summed E-state index contributed by atoms with van der Waals surface area (Å²) >= 11 is 6.43. The van der Waals surface area contributed by atoms with Gasteiger partial charge in [-0.3, -0.25) is 4.68 Å². The SMILES string of the molecule is CCCC1(Cc2c(Cl)c(C)nn2C)CCCCCN1. The zero-order valence-electron chi connectivity index (χ0n) is 12.4. The molecule has 0 aromatic carbocycles. The summed E-state index contributed by atoms with van der Waals surface area (Å²) in [5, 5.41) is 9.11. The molecule has 1 unspecified atom stereocenters. The van der Waals surface area contributed by atoms with Crippen molar-refractivity contribution in [3.63, 3.8) is 0 Å². The maximum Gasteiger partial charge on any atom is 0.0847 e. The predicted octanol–water partition coefficient (Wildman–Crippen LogP) is 3.63. The van der Waals surface area contributed by atoms with Crippen LogP contribution >= 0.6 is 11.6 Å². The summed E-state index contributed by atoms with van der Waals surface area (Å²) in [5.41, 5.74) is 2.34. The molecule has 2 rings (SSSR count). The third kappa shape index (κ3) is 3.32. The largest absolute Gasteiger partial charge is 0.311 e. The Morgan fingerprint density at radius 1 is 1.37 bits per heavy atom. The van der Waals surface area contributed by atoms with Crippen molar-refractivity contribution in [2.75, 3.05) is 6.54 Å². The van der Waals surface area contributed by atoms with Crippen LogP contribution in [0.25, 0.3) is 0 Å². The van der Waals surface area contributed by atoms with Crippen LogP contribution in [0.4, 0.5) is 0 Å². The first-order chi connectivity index (χ1) is 9.08. The fourth-order valence-corrected chi connectivity index (χ4v) is 3.56. The zero-order valence-corrected chi connectivity index (χ0v) is 13.2. The second kappa shape index (κ2) is 6.27. The van der Waals surface area contributed by atoms with Gasteiger partial charge in [-0.25, -0.2) is 0 Å². The van der Waals surface area contributed by atoms with E-state index in [0.717, 1.165) is 23.7 Å². The number of hydrogen-bond donors (Lipinski definition) is 1. The molecule has 0 radical (unpaired) electrons. The second-order valence-electron chi connectivity index (χ2n) is 5.91. The molecule has 2 heterocycles. The van der Waals surface area contributed by atoms with Gasteiger partial charge in [-0.1, -0.05) is 37.8 Å². The summed E-state index contributed by atoms with van der Waals surface area (Å²) in [7, 11) is 2.00. The first kappa shape index (κ1) is 14.9. The second-order valence-corrected chi connectivity index (χ2v) is 6.29. The lowest BCUT2D eigenvalue weighted by molar-refractivity contribution is 0.283. The molecule has 1 fully saturated rings. The number of aromatic nitrogens is 2. The molecular formula is C15H26ClN3. The molecule has 4 heteroatoms. The predicted molar refractivity (Wildman–Crippen MR) is 80.8 cm³/mol. The monoisotopic (exact) mass is 283 g/mol. The number of nitrogens with zero attached hydrogens (tertiary/aromatic N) is 2. The number of aryl methyl sites for hydroxylation is 2. The first-order valence-electron chi connectivity index (χ1n) is 7.51. The Balaban J connectivity index is 2.24. The molecule has 0 aliphatic carbocycles. The number of hydrogen-bond acceptors (Lipinski definition) is 2. The smallest absolute Gasteiger partial charge is 0.0847 e. The Bertz CT molecular complexity index is 417. The van der Waals surface area contributed by atoms with Gasteiger partial charge in [0.25, 0.3) is 0 Å². The first-order valence-corrected chi connectivity index (χ1v) is 7.89. The lowest BCUT2D eigenvalue weighted by Crippen LogP contribution is -2.47. The molecule has 0 spiro atoms. The van der Waals surface area contributed by atoms with Crippen molar-refractivity contribution in [1.29, 1.82) is 0 Å². The highest BCUT2D eigenvalue weighted by Gasteiger charge is 2.32. The van der Waals surface area contributed by atoms with Gasteiger partial charge in [0.2, 0.25) is 0 Å². The highest BCUT2D eigenvalue weighted by atomic mass is 35.5. The van der Waals surface area contributed by atoms with E-state index in [9.17, 15) is 0 Å². The average Bonchev–Trinajstić information content (AvgIpc) is 2.59. The van der Waals surface area contributed by atoms with Crippen LogP contribution in [0.2, 0.25) is 5.02 Å². The van der Waals surface area contributed by atoms with Crippen LogP contribution in [-0.2, 0) is 13.5 Å². The van der Waals surface area contributed by atoms with Crippen LogP contribution < -0.4 is 5.32 Å². The minimum atomic E-state index is 0.217. The summed E-state index contributed by atoms with van der Waals surface area (Å²) in [4.78, 5) is 0. The van der Waals surface area contributed by atoms with Crippen LogP contribution in [0.3, 0.4) is 0 Å². The minimum Gasteiger partial charge on any atom is -0.311 e. The molecule has 1 atom stereocenters. The summed E-state index contributed by atoms with van der Waals surface area (Å²) < 4.78 is 1.96. The van der Waals surface area contributed by atoms with Crippen molar-refractivity contribution < 1.29 is 0 Å². The Morgan fingerprint density at radius 2 is 2.16 bits per heavy atom. The van der Waals surface area contributed by atoms with Gasteiger partial charge >= 0.3 is 0 Å². The van der Waals surface area contributed by atoms with Crippen molar-refractivity contribution >= 4 is 11.6 Å². The van der Waals surface area contributed by atoms with E-state index < -0.39 is 0 Å². The molecule has 1 aliphatic rings. The van der Waals surface area contributed by atoms with Crippen LogP contribution in [-0.4, -0.2) is 21.9 Å². The molecule has 0 bridgehead atoms. The summed E-state index contributed by atoms with van der Waals surface area (Å²) in [5.74, 6) is 0. The van der Waals surface area contributed by atoms with Crippen molar-refractivity contribution in [2.24, 2.45) is 7.05 Å². The van der Waals surface area contributed by atoms with Crippen LogP contribution in [0.1, 0.15) is 56.8 Å². The number of nitrogens with one attached hydrogen (secondary N) is 1. The van der Waals surface area contributed by atoms with E-state index in [4.69, 9.17) is 11.6 Å². The van der Waals surface area contributed by atoms with E-state index in [2.05, 4.69) is 17.3 Å². The van der Waals surface area contributed by atoms with Gasteiger partial charge in [0.1, 0.15) is 0 Å². The quantitative estimate of drug-likeness (QED) is 0.914.